The number of ketones is 1. The number of hydrogen-bond acceptors (Lipinski definition) is 9. The minimum absolute atomic E-state index is 0.0131. The van der Waals surface area contributed by atoms with Crippen molar-refractivity contribution in [3.05, 3.63) is 53.5 Å². The number of hydrogen-bond donors (Lipinski definition) is 0. The van der Waals surface area contributed by atoms with E-state index in [1.54, 1.807) is 18.5 Å². The lowest BCUT2D eigenvalue weighted by atomic mass is 9.99. The number of nitrogens with zero attached hydrogens (tertiary/aromatic N) is 7. The van der Waals surface area contributed by atoms with Crippen molar-refractivity contribution in [1.29, 1.82) is 10.5 Å². The predicted octanol–water partition coefficient (Wildman–Crippen LogP) is 4.77. The number of likely N-dealkylation sites (tertiary alicyclic amines) is 1. The van der Waals surface area contributed by atoms with Gasteiger partial charge in [-0.1, -0.05) is 26.1 Å². The van der Waals surface area contributed by atoms with Gasteiger partial charge in [0, 0.05) is 58.2 Å². The number of anilines is 1. The summed E-state index contributed by atoms with van der Waals surface area (Å²) in [5, 5.41) is 18.5. The minimum atomic E-state index is -0.281. The molecule has 3 rings (SSSR count). The van der Waals surface area contributed by atoms with Crippen molar-refractivity contribution < 1.29 is 9.53 Å². The van der Waals surface area contributed by atoms with Gasteiger partial charge in [0.15, 0.2) is 5.78 Å². The van der Waals surface area contributed by atoms with Crippen molar-refractivity contribution in [3.8, 4) is 18.1 Å². The van der Waals surface area contributed by atoms with Gasteiger partial charge in [0.1, 0.15) is 12.4 Å². The highest BCUT2D eigenvalue weighted by Crippen LogP contribution is 2.28. The van der Waals surface area contributed by atoms with Crippen LogP contribution in [-0.2, 0) is 24.1 Å². The van der Waals surface area contributed by atoms with Crippen molar-refractivity contribution >= 4 is 26.4 Å². The van der Waals surface area contributed by atoms with E-state index in [1.165, 1.54) is 12.5 Å². The molecule has 2 aromatic heterocycles. The van der Waals surface area contributed by atoms with E-state index in [-0.39, 0.29) is 11.7 Å². The van der Waals surface area contributed by atoms with Crippen molar-refractivity contribution in [2.75, 3.05) is 38.2 Å². The van der Waals surface area contributed by atoms with Gasteiger partial charge in [0.2, 0.25) is 0 Å². The van der Waals surface area contributed by atoms with Crippen molar-refractivity contribution in [3.63, 3.8) is 0 Å². The molecule has 2 aromatic rings. The number of pyridine rings is 1. The van der Waals surface area contributed by atoms with Crippen LogP contribution in [0.4, 0.5) is 5.82 Å². The number of likely N-dealkylation sites (N-methyl/N-ethyl adjacent to an activating group) is 1. The number of rotatable bonds is 19. The van der Waals surface area contributed by atoms with Crippen LogP contribution in [0.25, 0.3) is 0 Å². The Kier molecular flexibility index (Phi) is 14.9. The van der Waals surface area contributed by atoms with E-state index in [0.29, 0.717) is 52.4 Å². The van der Waals surface area contributed by atoms with Gasteiger partial charge in [0.25, 0.3) is 0 Å². The molecule has 0 spiro atoms. The van der Waals surface area contributed by atoms with Crippen LogP contribution in [0.5, 0.6) is 6.01 Å². The van der Waals surface area contributed by atoms with Crippen LogP contribution in [-0.4, -0.2) is 79.8 Å². The van der Waals surface area contributed by atoms with Crippen LogP contribution < -0.4 is 9.64 Å². The number of nitriles is 2. The first-order valence-corrected chi connectivity index (χ1v) is 17.1. The van der Waals surface area contributed by atoms with E-state index >= 15 is 0 Å². The third kappa shape index (κ3) is 10.2. The Bertz CT molecular complexity index is 1350. The zero-order chi connectivity index (χ0) is 31.7. The van der Waals surface area contributed by atoms with E-state index in [2.05, 4.69) is 54.4 Å². The summed E-state index contributed by atoms with van der Waals surface area (Å²) in [5.41, 5.74) is 5.75. The lowest BCUT2D eigenvalue weighted by molar-refractivity contribution is -0.116. The van der Waals surface area contributed by atoms with Gasteiger partial charge >= 0.3 is 6.01 Å². The van der Waals surface area contributed by atoms with E-state index in [4.69, 9.17) is 20.0 Å². The average Bonchev–Trinajstić information content (AvgIpc) is 3.47. The molecule has 0 saturated carbocycles. The third-order valence-electron chi connectivity index (χ3n) is 8.18. The third-order valence-corrected chi connectivity index (χ3v) is 9.18. The molecule has 44 heavy (non-hydrogen) atoms. The molecule has 233 valence electrons. The van der Waals surface area contributed by atoms with Gasteiger partial charge in [-0.25, -0.2) is 0 Å². The first-order valence-electron chi connectivity index (χ1n) is 15.9. The largest absolute Gasteiger partial charge is 0.462 e. The Hall–Kier alpha value is -3.73. The van der Waals surface area contributed by atoms with Crippen LogP contribution in [0, 0.1) is 28.6 Å². The molecule has 3 heterocycles. The molecular formula is C34H46N7O2Si. The Morgan fingerprint density at radius 1 is 1.27 bits per heavy atom. The molecule has 10 heteroatoms. The highest BCUT2D eigenvalue weighted by atomic mass is 28.2. The topological polar surface area (TPSA) is 119 Å². The summed E-state index contributed by atoms with van der Waals surface area (Å²) < 4.78 is 6.25. The number of carbonyl (C=O) groups is 1. The molecule has 9 nitrogen and oxygen atoms in total. The normalized spacial score (nSPS) is 15.5. The van der Waals surface area contributed by atoms with Gasteiger partial charge in [-0.05, 0) is 89.1 Å². The number of ether oxygens (including phenoxy) is 1. The zero-order valence-corrected chi connectivity index (χ0v) is 27.6. The predicted molar refractivity (Wildman–Crippen MR) is 176 cm³/mol. The quantitative estimate of drug-likeness (QED) is 0.126. The van der Waals surface area contributed by atoms with Gasteiger partial charge in [-0.2, -0.15) is 20.5 Å². The number of unbranched alkanes of at least 4 members (excludes halogenated alkanes) is 1. The van der Waals surface area contributed by atoms with Crippen LogP contribution in [0.2, 0.25) is 6.04 Å². The molecule has 0 N–H and O–H groups in total. The fraction of sp³-hybridized carbons (Fsp3) is 0.559. The summed E-state index contributed by atoms with van der Waals surface area (Å²) in [7, 11) is 2.45. The lowest BCUT2D eigenvalue weighted by Gasteiger charge is -2.28. The van der Waals surface area contributed by atoms with Crippen LogP contribution in [0.3, 0.4) is 0 Å². The lowest BCUT2D eigenvalue weighted by Crippen LogP contribution is -2.32. The highest BCUT2D eigenvalue weighted by Gasteiger charge is 2.24. The molecule has 1 fully saturated rings. The second-order valence-electron chi connectivity index (χ2n) is 11.2. The number of aromatic nitrogens is 3. The molecule has 1 aliphatic heterocycles. The summed E-state index contributed by atoms with van der Waals surface area (Å²) in [4.78, 5) is 31.4. The molecule has 1 saturated heterocycles. The van der Waals surface area contributed by atoms with Crippen molar-refractivity contribution in [2.45, 2.75) is 83.7 Å². The summed E-state index contributed by atoms with van der Waals surface area (Å²) in [6.45, 7) is 11.0. The summed E-state index contributed by atoms with van der Waals surface area (Å²) >= 11 is 0. The van der Waals surface area contributed by atoms with Gasteiger partial charge in [-0.3, -0.25) is 9.78 Å². The summed E-state index contributed by atoms with van der Waals surface area (Å²) in [5.74, 6) is 0.592. The second kappa shape index (κ2) is 18.8. The van der Waals surface area contributed by atoms with Crippen molar-refractivity contribution in [1.82, 2.24) is 19.9 Å². The first kappa shape index (κ1) is 34.8. The molecule has 0 aliphatic carbocycles. The Morgan fingerprint density at radius 2 is 2.09 bits per heavy atom. The van der Waals surface area contributed by atoms with Gasteiger partial charge in [0.05, 0.1) is 23.4 Å². The van der Waals surface area contributed by atoms with E-state index in [0.717, 1.165) is 80.7 Å². The number of aryl methyl sites for hydroxylation is 2. The Balaban J connectivity index is 1.88. The summed E-state index contributed by atoms with van der Waals surface area (Å²) in [6.07, 6.45) is 12.8. The Labute approximate surface area is 265 Å². The average molecular weight is 613 g/mol. The van der Waals surface area contributed by atoms with Gasteiger partial charge < -0.3 is 14.5 Å². The first-order chi connectivity index (χ1) is 21.4. The van der Waals surface area contributed by atoms with Crippen LogP contribution in [0.15, 0.2) is 31.1 Å². The zero-order valence-electron chi connectivity index (χ0n) is 26.6. The maximum atomic E-state index is 12.7. The second-order valence-corrected chi connectivity index (χ2v) is 12.3. The maximum Gasteiger partial charge on any atom is 0.318 e. The molecule has 2 atom stereocenters. The molecule has 1 aliphatic rings. The fourth-order valence-electron chi connectivity index (χ4n) is 5.68. The SMILES string of the molecule is C=CC(=O)C(/C=[Si]/CC#N)CCN(CCC)c1nc(OC[C@@H]2CCCN2C)nc(CC)c1CCCCc1cnccc1C#N. The van der Waals surface area contributed by atoms with E-state index in [9.17, 15) is 10.1 Å². The summed E-state index contributed by atoms with van der Waals surface area (Å²) in [6, 6.07) is 7.40. The number of allylic oxidation sites excluding steroid dienone is 1. The molecular weight excluding hydrogens is 567 g/mol. The van der Waals surface area contributed by atoms with Crippen molar-refractivity contribution in [2.24, 2.45) is 5.92 Å². The van der Waals surface area contributed by atoms with E-state index < -0.39 is 0 Å². The molecule has 0 amide bonds. The minimum Gasteiger partial charge on any atom is -0.462 e. The fourth-order valence-corrected chi connectivity index (χ4v) is 6.50. The number of carbonyl (C=O) groups excluding carboxylic acids is 1. The smallest absolute Gasteiger partial charge is 0.318 e. The molecule has 0 aromatic carbocycles. The monoisotopic (exact) mass is 612 g/mol. The standard InChI is InChI=1S/C34H46N7O2Si/c1-5-18-41(20-15-28(32(42)7-3)25-44-21-16-35)33-30(13-9-8-11-27-23-37-17-14-26(27)22-36)31(6-2)38-34(39-33)43-24-29-12-10-19-40(29)4/h7,14,17,23,25,28-29H,3,5-6,8-13,15,18-21,24H2,1-2,4H3/t28?,29-/m0/s1. The maximum absolute atomic E-state index is 12.7. The Morgan fingerprint density at radius 3 is 2.77 bits per heavy atom. The van der Waals surface area contributed by atoms with Gasteiger partial charge in [-0.15, -0.1) is 0 Å². The van der Waals surface area contributed by atoms with Crippen LogP contribution >= 0.6 is 0 Å². The molecule has 0 bridgehead atoms. The molecule has 1 radical (unpaired) electrons. The molecule has 1 unspecified atom stereocenters. The van der Waals surface area contributed by atoms with Crippen LogP contribution in [0.1, 0.15) is 74.8 Å². The van der Waals surface area contributed by atoms with E-state index in [1.807, 2.05) is 5.67 Å². The highest BCUT2D eigenvalue weighted by molar-refractivity contribution is 6.49.